The first-order valence-electron chi connectivity index (χ1n) is 5.12. The van der Waals surface area contributed by atoms with Gasteiger partial charge >= 0.3 is 0 Å². The van der Waals surface area contributed by atoms with Gasteiger partial charge in [-0.15, -0.1) is 0 Å². The molecule has 1 saturated heterocycles. The van der Waals surface area contributed by atoms with Crippen molar-refractivity contribution in [1.29, 1.82) is 0 Å². The third-order valence-corrected chi connectivity index (χ3v) is 2.69. The van der Waals surface area contributed by atoms with Gasteiger partial charge < -0.3 is 10.2 Å². The molecular weight excluding hydrogens is 148 g/mol. The highest BCUT2D eigenvalue weighted by atomic mass is 15.1. The van der Waals surface area contributed by atoms with Crippen molar-refractivity contribution in [3.63, 3.8) is 0 Å². The number of nitrogens with zero attached hydrogens (tertiary/aromatic N) is 1. The van der Waals surface area contributed by atoms with Crippen LogP contribution in [-0.4, -0.2) is 37.6 Å². The maximum absolute atomic E-state index is 3.61. The second kappa shape index (κ2) is 4.83. The van der Waals surface area contributed by atoms with Crippen LogP contribution >= 0.6 is 0 Å². The van der Waals surface area contributed by atoms with Crippen LogP contribution in [0.15, 0.2) is 0 Å². The fraction of sp³-hybridized carbons (Fsp3) is 1.00. The fourth-order valence-corrected chi connectivity index (χ4v) is 1.73. The molecule has 0 bridgehead atoms. The highest BCUT2D eigenvalue weighted by Gasteiger charge is 2.16. The SMILES string of the molecule is CC(C)C1CN(C)CCCCN1. The van der Waals surface area contributed by atoms with Gasteiger partial charge in [0.1, 0.15) is 0 Å². The standard InChI is InChI=1S/C10H22N2/c1-9(2)10-8-12(3)7-5-4-6-11-10/h9-11H,4-8H2,1-3H3. The van der Waals surface area contributed by atoms with Crippen LogP contribution in [0.3, 0.4) is 0 Å². The van der Waals surface area contributed by atoms with Crippen LogP contribution in [-0.2, 0) is 0 Å². The average Bonchev–Trinajstić information content (AvgIpc) is 1.95. The van der Waals surface area contributed by atoms with E-state index < -0.39 is 0 Å². The number of hydrogen-bond acceptors (Lipinski definition) is 2. The van der Waals surface area contributed by atoms with Crippen LogP contribution in [0, 0.1) is 5.92 Å². The van der Waals surface area contributed by atoms with Crippen molar-refractivity contribution in [2.45, 2.75) is 32.7 Å². The van der Waals surface area contributed by atoms with Crippen LogP contribution in [0.5, 0.6) is 0 Å². The zero-order chi connectivity index (χ0) is 8.97. The van der Waals surface area contributed by atoms with Gasteiger partial charge in [0.25, 0.3) is 0 Å². The van der Waals surface area contributed by atoms with E-state index in [0.717, 1.165) is 5.92 Å². The molecule has 12 heavy (non-hydrogen) atoms. The third kappa shape index (κ3) is 3.11. The van der Waals surface area contributed by atoms with Crippen LogP contribution < -0.4 is 5.32 Å². The molecule has 0 aromatic carbocycles. The first-order chi connectivity index (χ1) is 5.70. The maximum atomic E-state index is 3.61. The Balaban J connectivity index is 2.38. The molecule has 1 rings (SSSR count). The monoisotopic (exact) mass is 170 g/mol. The molecular formula is C10H22N2. The lowest BCUT2D eigenvalue weighted by molar-refractivity contribution is 0.232. The molecule has 1 aliphatic rings. The molecule has 1 aliphatic heterocycles. The summed E-state index contributed by atoms with van der Waals surface area (Å²) in [6.07, 6.45) is 2.67. The van der Waals surface area contributed by atoms with Crippen LogP contribution in [0.2, 0.25) is 0 Å². The highest BCUT2D eigenvalue weighted by molar-refractivity contribution is 4.75. The molecule has 0 aromatic heterocycles. The van der Waals surface area contributed by atoms with E-state index in [1.165, 1.54) is 32.5 Å². The number of rotatable bonds is 1. The number of nitrogens with one attached hydrogen (secondary N) is 1. The first kappa shape index (κ1) is 10.0. The van der Waals surface area contributed by atoms with Crippen molar-refractivity contribution in [3.05, 3.63) is 0 Å². The molecule has 0 aromatic rings. The molecule has 2 nitrogen and oxygen atoms in total. The van der Waals surface area contributed by atoms with Gasteiger partial charge in [0.05, 0.1) is 0 Å². The van der Waals surface area contributed by atoms with Gasteiger partial charge in [-0.2, -0.15) is 0 Å². The van der Waals surface area contributed by atoms with E-state index in [-0.39, 0.29) is 0 Å². The Morgan fingerprint density at radius 1 is 1.33 bits per heavy atom. The zero-order valence-corrected chi connectivity index (χ0v) is 8.64. The number of likely N-dealkylation sites (N-methyl/N-ethyl adjacent to an activating group) is 1. The average molecular weight is 170 g/mol. The Morgan fingerprint density at radius 3 is 2.75 bits per heavy atom. The molecule has 0 radical (unpaired) electrons. The van der Waals surface area contributed by atoms with Crippen LogP contribution in [0.1, 0.15) is 26.7 Å². The molecule has 2 heteroatoms. The Labute approximate surface area is 76.3 Å². The smallest absolute Gasteiger partial charge is 0.0217 e. The maximum Gasteiger partial charge on any atom is 0.0217 e. The van der Waals surface area contributed by atoms with Crippen molar-refractivity contribution >= 4 is 0 Å². The summed E-state index contributed by atoms with van der Waals surface area (Å²) in [4.78, 5) is 2.44. The van der Waals surface area contributed by atoms with Gasteiger partial charge in [0.15, 0.2) is 0 Å². The van der Waals surface area contributed by atoms with Gasteiger partial charge in [0, 0.05) is 12.6 Å². The minimum Gasteiger partial charge on any atom is -0.312 e. The minimum absolute atomic E-state index is 0.690. The van der Waals surface area contributed by atoms with E-state index in [1.807, 2.05) is 0 Å². The molecule has 1 unspecified atom stereocenters. The van der Waals surface area contributed by atoms with Crippen molar-refractivity contribution in [2.24, 2.45) is 5.92 Å². The Morgan fingerprint density at radius 2 is 2.08 bits per heavy atom. The third-order valence-electron chi connectivity index (χ3n) is 2.69. The van der Waals surface area contributed by atoms with Gasteiger partial charge in [-0.1, -0.05) is 13.8 Å². The van der Waals surface area contributed by atoms with E-state index in [9.17, 15) is 0 Å². The summed E-state index contributed by atoms with van der Waals surface area (Å²) < 4.78 is 0. The van der Waals surface area contributed by atoms with E-state index in [1.54, 1.807) is 0 Å². The first-order valence-corrected chi connectivity index (χ1v) is 5.12. The topological polar surface area (TPSA) is 15.3 Å². The molecule has 1 fully saturated rings. The molecule has 1 N–H and O–H groups in total. The molecule has 0 spiro atoms. The summed E-state index contributed by atoms with van der Waals surface area (Å²) in [5.74, 6) is 0.755. The Bertz CT molecular complexity index is 123. The van der Waals surface area contributed by atoms with E-state index in [0.29, 0.717) is 6.04 Å². The lowest BCUT2D eigenvalue weighted by Gasteiger charge is -2.30. The van der Waals surface area contributed by atoms with Gasteiger partial charge in [0.2, 0.25) is 0 Å². The predicted molar refractivity (Wildman–Crippen MR) is 53.4 cm³/mol. The predicted octanol–water partition coefficient (Wildman–Crippen LogP) is 1.33. The Kier molecular flexibility index (Phi) is 4.02. The summed E-state index contributed by atoms with van der Waals surface area (Å²) in [6, 6.07) is 0.690. The van der Waals surface area contributed by atoms with Crippen LogP contribution in [0.4, 0.5) is 0 Å². The molecule has 0 saturated carbocycles. The lowest BCUT2D eigenvalue weighted by atomic mass is 10.0. The molecule has 72 valence electrons. The van der Waals surface area contributed by atoms with Gasteiger partial charge in [-0.05, 0) is 38.9 Å². The second-order valence-electron chi connectivity index (χ2n) is 4.27. The van der Waals surface area contributed by atoms with Gasteiger partial charge in [-0.25, -0.2) is 0 Å². The molecule has 0 aliphatic carbocycles. The zero-order valence-electron chi connectivity index (χ0n) is 8.64. The molecule has 1 heterocycles. The summed E-state index contributed by atoms with van der Waals surface area (Å²) in [7, 11) is 2.22. The number of hydrogen-bond donors (Lipinski definition) is 1. The normalized spacial score (nSPS) is 28.5. The van der Waals surface area contributed by atoms with E-state index in [2.05, 4.69) is 31.1 Å². The largest absolute Gasteiger partial charge is 0.312 e. The fourth-order valence-electron chi connectivity index (χ4n) is 1.73. The van der Waals surface area contributed by atoms with Crippen molar-refractivity contribution in [3.8, 4) is 0 Å². The summed E-state index contributed by atoms with van der Waals surface area (Å²) in [5, 5.41) is 3.61. The van der Waals surface area contributed by atoms with Gasteiger partial charge in [-0.3, -0.25) is 0 Å². The van der Waals surface area contributed by atoms with Crippen molar-refractivity contribution in [2.75, 3.05) is 26.7 Å². The summed E-state index contributed by atoms with van der Waals surface area (Å²) >= 11 is 0. The Hall–Kier alpha value is -0.0800. The molecule has 0 amide bonds. The quantitative estimate of drug-likeness (QED) is 0.638. The van der Waals surface area contributed by atoms with Crippen molar-refractivity contribution < 1.29 is 0 Å². The molecule has 1 atom stereocenters. The van der Waals surface area contributed by atoms with Crippen molar-refractivity contribution in [1.82, 2.24) is 10.2 Å². The second-order valence-corrected chi connectivity index (χ2v) is 4.27. The lowest BCUT2D eigenvalue weighted by Crippen LogP contribution is -2.45. The van der Waals surface area contributed by atoms with Crippen LogP contribution in [0.25, 0.3) is 0 Å². The minimum atomic E-state index is 0.690. The van der Waals surface area contributed by atoms with E-state index >= 15 is 0 Å². The summed E-state index contributed by atoms with van der Waals surface area (Å²) in [5.41, 5.74) is 0. The summed E-state index contributed by atoms with van der Waals surface area (Å²) in [6.45, 7) is 8.28. The highest BCUT2D eigenvalue weighted by Crippen LogP contribution is 2.06. The van der Waals surface area contributed by atoms with E-state index in [4.69, 9.17) is 0 Å².